The number of Topliss-reactive ketones (excluding diaryl/α,β-unsaturated/α-hetero) is 4. The second kappa shape index (κ2) is 45.4. The Morgan fingerprint density at radius 3 is 0.934 bits per heavy atom. The number of carboxylic acid groups (broad SMARTS) is 1. The fourth-order valence-corrected chi connectivity index (χ4v) is 19.6. The number of piperazine rings is 4. The molecule has 6 N–H and O–H groups in total. The van der Waals surface area contributed by atoms with Crippen LogP contribution in [-0.2, 0) is 49.7 Å². The van der Waals surface area contributed by atoms with Crippen LogP contribution in [-0.4, -0.2) is 293 Å². The van der Waals surface area contributed by atoms with Gasteiger partial charge in [-0.05, 0) is 236 Å². The number of aliphatic hydroxyl groups excluding tert-OH is 1. The number of likely N-dealkylation sites (N-methyl/N-ethyl adjacent to an activating group) is 4. The molecule has 6 aliphatic heterocycles. The van der Waals surface area contributed by atoms with Gasteiger partial charge in [0.05, 0.1) is 36.7 Å². The summed E-state index contributed by atoms with van der Waals surface area (Å²) in [6, 6.07) is 32.3. The molecule has 10 aliphatic rings. The van der Waals surface area contributed by atoms with Gasteiger partial charge in [-0.3, -0.25) is 39.8 Å². The number of benzene rings is 4. The molecule has 35 nitrogen and oxygen atoms in total. The molecule has 20 rings (SSSR count). The Morgan fingerprint density at radius 1 is 0.368 bits per heavy atom. The molecule has 0 atom stereocenters. The zero-order valence-electron chi connectivity index (χ0n) is 77.3. The van der Waals surface area contributed by atoms with E-state index in [1.807, 2.05) is 122 Å². The number of nitrogens with zero attached hydrogens (tertiary/aromatic N) is 24. The molecule has 4 saturated heterocycles. The molecular formula is C95H112N28O7S6. The average Bonchev–Trinajstić information content (AvgIpc) is 1.17. The number of aliphatic hydroxyl groups is 1. The summed E-state index contributed by atoms with van der Waals surface area (Å²) in [5, 5.41) is 37.2. The first-order valence-electron chi connectivity index (χ1n) is 46.2. The molecular weight excluding hydrogens is 1840 g/mol. The van der Waals surface area contributed by atoms with E-state index >= 15 is 0 Å². The summed E-state index contributed by atoms with van der Waals surface area (Å²) < 4.78 is 0. The van der Waals surface area contributed by atoms with E-state index < -0.39 is 5.97 Å². The highest BCUT2D eigenvalue weighted by Crippen LogP contribution is 2.39. The summed E-state index contributed by atoms with van der Waals surface area (Å²) in [6.07, 6.45) is 13.7. The second-order valence-corrected chi connectivity index (χ2v) is 41.8. The van der Waals surface area contributed by atoms with Crippen LogP contribution in [0.1, 0.15) is 89.9 Å². The van der Waals surface area contributed by atoms with Crippen molar-refractivity contribution in [3.63, 3.8) is 0 Å². The zero-order valence-corrected chi connectivity index (χ0v) is 82.2. The van der Waals surface area contributed by atoms with Crippen molar-refractivity contribution in [2.24, 2.45) is 33.7 Å². The number of ketones is 4. The molecule has 136 heavy (non-hydrogen) atoms. The van der Waals surface area contributed by atoms with Gasteiger partial charge in [0.1, 0.15) is 34.8 Å². The smallest absolute Gasteiger partial charge is 0.333 e. The van der Waals surface area contributed by atoms with Crippen molar-refractivity contribution in [2.45, 2.75) is 138 Å². The Hall–Kier alpha value is -11.3. The van der Waals surface area contributed by atoms with Gasteiger partial charge in [-0.2, -0.15) is 59.8 Å². The topological polar surface area (TPSA) is 405 Å². The number of nitrogens with one attached hydrogen (secondary N) is 4. The lowest BCUT2D eigenvalue weighted by Gasteiger charge is -2.32. The number of aromatic nitrogens is 14. The van der Waals surface area contributed by atoms with Crippen LogP contribution in [0.25, 0.3) is 0 Å². The monoisotopic (exact) mass is 1950 g/mol. The molecule has 0 unspecified atom stereocenters. The Morgan fingerprint density at radius 2 is 0.669 bits per heavy atom. The van der Waals surface area contributed by atoms with Crippen molar-refractivity contribution < 1.29 is 34.2 Å². The number of carboxylic acids is 1. The van der Waals surface area contributed by atoms with Gasteiger partial charge in [0.2, 0.25) is 47.6 Å². The van der Waals surface area contributed by atoms with Gasteiger partial charge < -0.3 is 60.0 Å². The van der Waals surface area contributed by atoms with E-state index in [1.54, 1.807) is 11.3 Å². The van der Waals surface area contributed by atoms with Gasteiger partial charge in [-0.15, -0.1) is 22.7 Å². The van der Waals surface area contributed by atoms with Gasteiger partial charge in [-0.1, -0.05) is 48.5 Å². The number of hydrogen-bond donors (Lipinski definition) is 6. The fourth-order valence-electron chi connectivity index (χ4n) is 15.1. The average molecular weight is 1950 g/mol. The highest BCUT2D eigenvalue weighted by atomic mass is 32.2. The molecule has 6 aromatic heterocycles. The fraction of sp³-hybridized carbons (Fsp3) is 0.442. The SMILES string of the molecule is CN1CCN(c2nc(NC3=NCC(C(=O)O)=C3)nc(Sc3ccc(CC(=O)C4CC4)cc3)n2)CC1.CN1CCN(c2nc(NC3=NCC(CO)=C3)nc(Sc3ccc(CC(=O)C4CC4)cc3)n2)CC1.Cc1csc(Nc2nc(Sc3ccc(CC(=O)C4CC4)cc3)nc(N3CCN(C)CC3)n2)n1.Cc1nc(Nc2nc(Sc3ccc(CC(=O)C4CC4)cc3)nc(N3CCN(C)CC3)n2)sc1C. The van der Waals surface area contributed by atoms with Crippen molar-refractivity contribution in [3.05, 3.63) is 164 Å². The maximum atomic E-state index is 12.1. The molecule has 0 bridgehead atoms. The van der Waals surface area contributed by atoms with Crippen molar-refractivity contribution in [1.29, 1.82) is 0 Å². The van der Waals surface area contributed by atoms with E-state index in [-0.39, 0.29) is 30.6 Å². The van der Waals surface area contributed by atoms with Crippen LogP contribution in [0.5, 0.6) is 0 Å². The van der Waals surface area contributed by atoms with Crippen molar-refractivity contribution in [1.82, 2.24) is 89.4 Å². The van der Waals surface area contributed by atoms with Crippen LogP contribution in [0.15, 0.2) is 176 Å². The molecule has 10 aromatic rings. The van der Waals surface area contributed by atoms with E-state index in [9.17, 15) is 34.2 Å². The van der Waals surface area contributed by atoms with Crippen LogP contribution in [0.3, 0.4) is 0 Å². The third-order valence-electron chi connectivity index (χ3n) is 24.3. The molecule has 710 valence electrons. The summed E-state index contributed by atoms with van der Waals surface area (Å²) >= 11 is 9.02. The summed E-state index contributed by atoms with van der Waals surface area (Å²) in [5.41, 5.74) is 7.23. The lowest BCUT2D eigenvalue weighted by molar-refractivity contribution is -0.132. The number of anilines is 10. The number of thiazole rings is 2. The predicted octanol–water partition coefficient (Wildman–Crippen LogP) is 12.1. The molecule has 41 heteroatoms. The van der Waals surface area contributed by atoms with Gasteiger partial charge in [-0.25, -0.2) is 14.8 Å². The van der Waals surface area contributed by atoms with E-state index in [2.05, 4.69) is 150 Å². The first-order chi connectivity index (χ1) is 65.9. The van der Waals surface area contributed by atoms with Crippen LogP contribution >= 0.6 is 69.7 Å². The first-order valence-corrected chi connectivity index (χ1v) is 51.1. The number of carbonyl (C=O) groups excluding carboxylic acids is 4. The van der Waals surface area contributed by atoms with Gasteiger partial charge in [0.15, 0.2) is 30.9 Å². The third-order valence-corrected chi connectivity index (χ3v) is 29.7. The minimum Gasteiger partial charge on any atom is -0.478 e. The first kappa shape index (κ1) is 96.4. The Bertz CT molecular complexity index is 6020. The Balaban J connectivity index is 0.000000126. The number of rotatable bonds is 32. The number of hydrogen-bond acceptors (Lipinski definition) is 40. The van der Waals surface area contributed by atoms with E-state index in [4.69, 9.17) is 24.9 Å². The second-order valence-electron chi connectivity index (χ2n) is 35.6. The van der Waals surface area contributed by atoms with Crippen molar-refractivity contribution in [2.75, 3.05) is 193 Å². The van der Waals surface area contributed by atoms with Crippen molar-refractivity contribution in [3.8, 4) is 0 Å². The maximum absolute atomic E-state index is 12.1. The highest BCUT2D eigenvalue weighted by Gasteiger charge is 2.34. The molecule has 12 heterocycles. The summed E-state index contributed by atoms with van der Waals surface area (Å²) in [6.45, 7) is 21.1. The highest BCUT2D eigenvalue weighted by molar-refractivity contribution is 8.00. The Kier molecular flexibility index (Phi) is 32.2. The molecule has 0 amide bonds. The van der Waals surface area contributed by atoms with E-state index in [0.29, 0.717) is 147 Å². The molecule has 4 aliphatic carbocycles. The molecule has 4 saturated carbocycles. The minimum absolute atomic E-state index is 0.0121. The summed E-state index contributed by atoms with van der Waals surface area (Å²) in [4.78, 5) is 157. The predicted molar refractivity (Wildman–Crippen MR) is 534 cm³/mol. The number of amidine groups is 2. The van der Waals surface area contributed by atoms with E-state index in [0.717, 1.165) is 225 Å². The number of aryl methyl sites for hydroxylation is 3. The molecule has 4 aromatic carbocycles. The number of aliphatic carboxylic acids is 1. The van der Waals surface area contributed by atoms with Gasteiger partial charge in [0.25, 0.3) is 0 Å². The maximum Gasteiger partial charge on any atom is 0.333 e. The van der Waals surface area contributed by atoms with Crippen LogP contribution < -0.4 is 40.9 Å². The van der Waals surface area contributed by atoms with Gasteiger partial charge >= 0.3 is 5.97 Å². The number of carbonyl (C=O) groups is 5. The van der Waals surface area contributed by atoms with Gasteiger partial charge in [0, 0.05) is 184 Å². The van der Waals surface area contributed by atoms with Crippen LogP contribution in [0.2, 0.25) is 0 Å². The summed E-state index contributed by atoms with van der Waals surface area (Å²) in [7, 11) is 8.47. The minimum atomic E-state index is -0.988. The quantitative estimate of drug-likeness (QED) is 0.0228. The van der Waals surface area contributed by atoms with Crippen LogP contribution in [0, 0.1) is 44.4 Å². The van der Waals surface area contributed by atoms with E-state index in [1.165, 1.54) is 69.3 Å². The third kappa shape index (κ3) is 28.3. The van der Waals surface area contributed by atoms with Crippen molar-refractivity contribution >= 4 is 168 Å². The lowest BCUT2D eigenvalue weighted by atomic mass is 10.1. The van der Waals surface area contributed by atoms with Crippen LogP contribution in [0.4, 0.5) is 57.8 Å². The summed E-state index contributed by atoms with van der Waals surface area (Å²) in [5.74, 6) is 6.95. The normalized spacial score (nSPS) is 17.6. The lowest BCUT2D eigenvalue weighted by Crippen LogP contribution is -2.45. The zero-order chi connectivity index (χ0) is 94.3. The largest absolute Gasteiger partial charge is 0.478 e. The standard InChI is InChI=1S/C24H27N7O3S.C24H29N7O2S.C24H29N7OS2.C23H27N7OS2/c1-30-8-10-31(11-9-30)23-27-22(26-20-13-17(14-25-20)21(33)34)28-24(29-23)35-18-6-2-15(3-7-18)12-19(32)16-4-5-16;1-30-8-10-31(11-9-30)23-27-22(26-21-13-17(15-32)14-25-21)28-24(29-23)34-19-6-2-16(3-7-19)12-20(33)18-4-5-18;1-15-16(2)33-23(25-15)27-21-26-22(31-12-10-30(3)11-13-31)29-24(28-21)34-19-8-4-17(5-9-19)14-20(32)18-6-7-18;1-15-14-32-22(24-15)26-20-25-21(30-11-9-29(2)10-12-30)28-23(27-20)33-18-7-3-16(4-8-18)13-19(31)17-5-6-17/h2-3,6-7,13,16H,4-5,8-12,14H2,1H3,(H,33,34)(H,25,26,27,28,29);2-3,6-7,13,18,32H,4-5,8-12,14-15H2,1H3,(H,25,26,27,28,29);4-5,8-9,18H,6-7,10-14H2,1-3H3,(H,25,26,27,28,29);3-4,7-8,14,17H,5-6,9-13H2,1-2H3,(H,24,25,26,27,28). The number of aliphatic imine (C=N–C) groups is 2. The molecule has 0 radical (unpaired) electrons. The Labute approximate surface area is 815 Å². The molecule has 0 spiro atoms. The molecule has 8 fully saturated rings.